The number of rotatable bonds is 6. The van der Waals surface area contributed by atoms with Crippen molar-refractivity contribution in [3.63, 3.8) is 0 Å². The van der Waals surface area contributed by atoms with E-state index in [0.29, 0.717) is 6.61 Å². The van der Waals surface area contributed by atoms with Crippen molar-refractivity contribution >= 4 is 15.9 Å². The van der Waals surface area contributed by atoms with E-state index in [2.05, 4.69) is 63.0 Å². The van der Waals surface area contributed by atoms with Crippen molar-refractivity contribution in [1.82, 2.24) is 9.80 Å². The van der Waals surface area contributed by atoms with Gasteiger partial charge in [-0.2, -0.15) is 0 Å². The van der Waals surface area contributed by atoms with Gasteiger partial charge in [0.25, 0.3) is 0 Å². The van der Waals surface area contributed by atoms with Gasteiger partial charge >= 0.3 is 0 Å². The molecule has 1 saturated heterocycles. The van der Waals surface area contributed by atoms with Gasteiger partial charge < -0.3 is 9.64 Å². The Balaban J connectivity index is 1.59. The van der Waals surface area contributed by atoms with E-state index in [0.717, 1.165) is 36.4 Å². The third-order valence-electron chi connectivity index (χ3n) is 4.55. The first-order chi connectivity index (χ1) is 11.7. The summed E-state index contributed by atoms with van der Waals surface area (Å²) in [6.07, 6.45) is 0. The average molecular weight is 389 g/mol. The van der Waals surface area contributed by atoms with E-state index >= 15 is 0 Å². The summed E-state index contributed by atoms with van der Waals surface area (Å²) in [5.74, 6) is 0.920. The number of hydrogen-bond donors (Lipinski definition) is 0. The Morgan fingerprint density at radius 3 is 2.33 bits per heavy atom. The number of likely N-dealkylation sites (N-methyl/N-ethyl adjacent to an activating group) is 1. The monoisotopic (exact) mass is 388 g/mol. The molecular weight excluding hydrogens is 364 g/mol. The van der Waals surface area contributed by atoms with Crippen LogP contribution in [-0.2, 0) is 13.2 Å². The SMILES string of the molecule is CCN1CCN(Cc2ccc(Br)c(OCc3ccccc3)c2)CC1. The molecule has 0 saturated carbocycles. The van der Waals surface area contributed by atoms with Crippen molar-refractivity contribution in [2.24, 2.45) is 0 Å². The van der Waals surface area contributed by atoms with Crippen LogP contribution in [-0.4, -0.2) is 42.5 Å². The lowest BCUT2D eigenvalue weighted by molar-refractivity contribution is 0.132. The Morgan fingerprint density at radius 2 is 1.62 bits per heavy atom. The predicted molar refractivity (Wildman–Crippen MR) is 102 cm³/mol. The number of ether oxygens (including phenoxy) is 1. The van der Waals surface area contributed by atoms with Gasteiger partial charge in [-0.15, -0.1) is 0 Å². The first kappa shape index (κ1) is 17.5. The molecule has 4 heteroatoms. The summed E-state index contributed by atoms with van der Waals surface area (Å²) in [7, 11) is 0. The summed E-state index contributed by atoms with van der Waals surface area (Å²) in [6, 6.07) is 16.7. The summed E-state index contributed by atoms with van der Waals surface area (Å²) in [5, 5.41) is 0. The van der Waals surface area contributed by atoms with Gasteiger partial charge in [0, 0.05) is 32.7 Å². The number of halogens is 1. The van der Waals surface area contributed by atoms with Gasteiger partial charge in [0.15, 0.2) is 0 Å². The highest BCUT2D eigenvalue weighted by Crippen LogP contribution is 2.27. The fourth-order valence-corrected chi connectivity index (χ4v) is 3.37. The smallest absolute Gasteiger partial charge is 0.134 e. The lowest BCUT2D eigenvalue weighted by Crippen LogP contribution is -2.45. The van der Waals surface area contributed by atoms with Gasteiger partial charge in [-0.1, -0.05) is 43.3 Å². The summed E-state index contributed by atoms with van der Waals surface area (Å²) in [6.45, 7) is 9.61. The summed E-state index contributed by atoms with van der Waals surface area (Å²) < 4.78 is 7.03. The van der Waals surface area contributed by atoms with Crippen molar-refractivity contribution in [1.29, 1.82) is 0 Å². The molecule has 2 aromatic carbocycles. The largest absolute Gasteiger partial charge is 0.488 e. The van der Waals surface area contributed by atoms with Crippen molar-refractivity contribution < 1.29 is 4.74 Å². The van der Waals surface area contributed by atoms with E-state index < -0.39 is 0 Å². The van der Waals surface area contributed by atoms with Crippen molar-refractivity contribution in [2.75, 3.05) is 32.7 Å². The molecule has 0 radical (unpaired) electrons. The Labute approximate surface area is 153 Å². The van der Waals surface area contributed by atoms with E-state index in [9.17, 15) is 0 Å². The second-order valence-electron chi connectivity index (χ2n) is 6.25. The molecule has 24 heavy (non-hydrogen) atoms. The molecular formula is C20H25BrN2O. The lowest BCUT2D eigenvalue weighted by atomic mass is 10.2. The summed E-state index contributed by atoms with van der Waals surface area (Å²) >= 11 is 3.60. The van der Waals surface area contributed by atoms with Crippen molar-refractivity contribution in [3.05, 3.63) is 64.1 Å². The molecule has 0 N–H and O–H groups in total. The Bertz CT molecular complexity index is 639. The highest BCUT2D eigenvalue weighted by atomic mass is 79.9. The molecule has 0 atom stereocenters. The quantitative estimate of drug-likeness (QED) is 0.738. The minimum Gasteiger partial charge on any atom is -0.488 e. The van der Waals surface area contributed by atoms with Crippen LogP contribution < -0.4 is 4.74 Å². The number of hydrogen-bond acceptors (Lipinski definition) is 3. The fourth-order valence-electron chi connectivity index (χ4n) is 3.01. The molecule has 0 unspecified atom stereocenters. The van der Waals surface area contributed by atoms with Crippen LogP contribution in [0.5, 0.6) is 5.75 Å². The zero-order valence-electron chi connectivity index (χ0n) is 14.2. The summed E-state index contributed by atoms with van der Waals surface area (Å²) in [4.78, 5) is 5.03. The molecule has 0 spiro atoms. The van der Waals surface area contributed by atoms with Gasteiger partial charge in [0.1, 0.15) is 12.4 Å². The van der Waals surface area contributed by atoms with Crippen LogP contribution in [0, 0.1) is 0 Å². The van der Waals surface area contributed by atoms with Gasteiger partial charge in [-0.25, -0.2) is 0 Å². The van der Waals surface area contributed by atoms with E-state index in [-0.39, 0.29) is 0 Å². The van der Waals surface area contributed by atoms with Gasteiger partial charge in [-0.3, -0.25) is 4.90 Å². The number of nitrogens with zero attached hydrogens (tertiary/aromatic N) is 2. The maximum atomic E-state index is 6.01. The van der Waals surface area contributed by atoms with Crippen molar-refractivity contribution in [3.8, 4) is 5.75 Å². The van der Waals surface area contributed by atoms with E-state index in [4.69, 9.17) is 4.74 Å². The summed E-state index contributed by atoms with van der Waals surface area (Å²) in [5.41, 5.74) is 2.50. The maximum Gasteiger partial charge on any atom is 0.134 e. The fraction of sp³-hybridized carbons (Fsp3) is 0.400. The number of piperazine rings is 1. The Morgan fingerprint density at radius 1 is 0.917 bits per heavy atom. The topological polar surface area (TPSA) is 15.7 Å². The zero-order chi connectivity index (χ0) is 16.8. The van der Waals surface area contributed by atoms with Crippen LogP contribution in [0.25, 0.3) is 0 Å². The third kappa shape index (κ3) is 4.82. The Hall–Kier alpha value is -1.36. The van der Waals surface area contributed by atoms with Gasteiger partial charge in [0.05, 0.1) is 4.47 Å². The third-order valence-corrected chi connectivity index (χ3v) is 5.21. The van der Waals surface area contributed by atoms with Crippen LogP contribution in [0.15, 0.2) is 53.0 Å². The van der Waals surface area contributed by atoms with Crippen LogP contribution in [0.1, 0.15) is 18.1 Å². The van der Waals surface area contributed by atoms with Crippen LogP contribution in [0.4, 0.5) is 0 Å². The highest BCUT2D eigenvalue weighted by Gasteiger charge is 2.16. The second kappa shape index (κ2) is 8.65. The van der Waals surface area contributed by atoms with E-state index in [1.807, 2.05) is 18.2 Å². The van der Waals surface area contributed by atoms with Gasteiger partial charge in [-0.05, 0) is 45.7 Å². The normalized spacial score (nSPS) is 16.2. The first-order valence-corrected chi connectivity index (χ1v) is 9.44. The molecule has 0 aliphatic carbocycles. The second-order valence-corrected chi connectivity index (χ2v) is 7.10. The zero-order valence-corrected chi connectivity index (χ0v) is 15.8. The molecule has 1 fully saturated rings. The van der Waals surface area contributed by atoms with Crippen LogP contribution >= 0.6 is 15.9 Å². The molecule has 3 nitrogen and oxygen atoms in total. The molecule has 1 aliphatic rings. The van der Waals surface area contributed by atoms with E-state index in [1.165, 1.54) is 24.2 Å². The minimum atomic E-state index is 0.595. The number of benzene rings is 2. The molecule has 0 aromatic heterocycles. The van der Waals surface area contributed by atoms with Crippen molar-refractivity contribution in [2.45, 2.75) is 20.1 Å². The molecule has 0 bridgehead atoms. The first-order valence-electron chi connectivity index (χ1n) is 8.64. The molecule has 3 rings (SSSR count). The molecule has 1 aliphatic heterocycles. The predicted octanol–water partition coefficient (Wildman–Crippen LogP) is 4.17. The average Bonchev–Trinajstić information content (AvgIpc) is 2.63. The maximum absolute atomic E-state index is 6.01. The van der Waals surface area contributed by atoms with Crippen LogP contribution in [0.2, 0.25) is 0 Å². The highest BCUT2D eigenvalue weighted by molar-refractivity contribution is 9.10. The van der Waals surface area contributed by atoms with E-state index in [1.54, 1.807) is 0 Å². The Kier molecular flexibility index (Phi) is 6.30. The molecule has 128 valence electrons. The standard InChI is InChI=1S/C20H25BrN2O/c1-2-22-10-12-23(13-11-22)15-18-8-9-19(21)20(14-18)24-16-17-6-4-3-5-7-17/h3-9,14H,2,10-13,15-16H2,1H3. The van der Waals surface area contributed by atoms with Crippen LogP contribution in [0.3, 0.4) is 0 Å². The van der Waals surface area contributed by atoms with Gasteiger partial charge in [0.2, 0.25) is 0 Å². The molecule has 1 heterocycles. The molecule has 2 aromatic rings. The molecule has 0 amide bonds. The lowest BCUT2D eigenvalue weighted by Gasteiger charge is -2.34. The minimum absolute atomic E-state index is 0.595.